The lowest BCUT2D eigenvalue weighted by atomic mass is 9.78. The van der Waals surface area contributed by atoms with Gasteiger partial charge in [-0.3, -0.25) is 0 Å². The van der Waals surface area contributed by atoms with Crippen LogP contribution in [0.25, 0.3) is 0 Å². The van der Waals surface area contributed by atoms with Crippen LogP contribution in [0.3, 0.4) is 0 Å². The average molecular weight is 210 g/mol. The number of aliphatic hydroxyl groups excluding tert-OH is 4. The lowest BCUT2D eigenvalue weighted by Crippen LogP contribution is -2.64. The zero-order valence-electron chi connectivity index (χ0n) is 8.25. The number of hydrogen-bond donors (Lipinski definition) is 6. The van der Waals surface area contributed by atoms with Crippen LogP contribution in [0.2, 0.25) is 0 Å². The van der Waals surface area contributed by atoms with Gasteiger partial charge in [-0.1, -0.05) is 0 Å². The fourth-order valence-electron chi connectivity index (χ4n) is 1.03. The van der Waals surface area contributed by atoms with Gasteiger partial charge in [-0.15, -0.1) is 0 Å². The fraction of sp³-hybridized carbons (Fsp3) is 1.00. The third-order valence-corrected chi connectivity index (χ3v) is 2.67. The summed E-state index contributed by atoms with van der Waals surface area (Å²) in [4.78, 5) is 0. The maximum absolute atomic E-state index is 9.68. The first-order valence-electron chi connectivity index (χ1n) is 4.24. The Labute approximate surface area is 82.1 Å². The first kappa shape index (κ1) is 13.8. The highest BCUT2D eigenvalue weighted by molar-refractivity contribution is 5.02. The third kappa shape index (κ3) is 2.22. The topological polar surface area (TPSA) is 121 Å². The van der Waals surface area contributed by atoms with E-state index in [4.69, 9.17) is 10.2 Å². The molecule has 0 radical (unpaired) electrons. The quantitative estimate of drug-likeness (QED) is 0.291. The zero-order chi connectivity index (χ0) is 11.6. The summed E-state index contributed by atoms with van der Waals surface area (Å²) < 4.78 is 0. The molecule has 6 N–H and O–H groups in total. The first-order chi connectivity index (χ1) is 6.21. The number of rotatable bonds is 5. The molecule has 0 aromatic carbocycles. The summed E-state index contributed by atoms with van der Waals surface area (Å²) in [5, 5.41) is 55.0. The van der Waals surface area contributed by atoms with Crippen molar-refractivity contribution in [2.75, 3.05) is 13.2 Å². The maximum atomic E-state index is 9.68. The standard InChI is InChI=1S/C8H18O6/c1-7(13,5(11)3-9)8(2,14)6(12)4-10/h5-6,9-14H,3-4H2,1-2H3/t5-,6+,7-,8-/m1/s1. The Morgan fingerprint density at radius 1 is 0.857 bits per heavy atom. The SMILES string of the molecule is C[C@@](O)([C@H](O)CO)[C@](C)(O)[C@@H](O)CO. The largest absolute Gasteiger partial charge is 0.394 e. The highest BCUT2D eigenvalue weighted by atomic mass is 16.4. The van der Waals surface area contributed by atoms with E-state index < -0.39 is 36.6 Å². The predicted octanol–water partition coefficient (Wildman–Crippen LogP) is -2.81. The number of hydrogen-bond acceptors (Lipinski definition) is 6. The van der Waals surface area contributed by atoms with Crippen LogP contribution >= 0.6 is 0 Å². The highest BCUT2D eigenvalue weighted by Crippen LogP contribution is 2.28. The molecule has 0 aromatic rings. The van der Waals surface area contributed by atoms with Gasteiger partial charge in [0, 0.05) is 0 Å². The minimum Gasteiger partial charge on any atom is -0.394 e. The van der Waals surface area contributed by atoms with E-state index in [1.807, 2.05) is 0 Å². The Morgan fingerprint density at radius 2 is 1.07 bits per heavy atom. The third-order valence-electron chi connectivity index (χ3n) is 2.67. The van der Waals surface area contributed by atoms with Crippen molar-refractivity contribution in [3.63, 3.8) is 0 Å². The Bertz CT molecular complexity index is 159. The Balaban J connectivity index is 4.85. The van der Waals surface area contributed by atoms with Crippen molar-refractivity contribution >= 4 is 0 Å². The minimum atomic E-state index is -2.12. The molecular formula is C8H18O6. The van der Waals surface area contributed by atoms with Crippen molar-refractivity contribution in [1.82, 2.24) is 0 Å². The summed E-state index contributed by atoms with van der Waals surface area (Å²) in [7, 11) is 0. The zero-order valence-corrected chi connectivity index (χ0v) is 8.25. The van der Waals surface area contributed by atoms with E-state index in [1.54, 1.807) is 0 Å². The molecule has 0 heterocycles. The van der Waals surface area contributed by atoms with E-state index in [1.165, 1.54) is 0 Å². The summed E-state index contributed by atoms with van der Waals surface area (Å²) >= 11 is 0. The van der Waals surface area contributed by atoms with Crippen LogP contribution in [0.1, 0.15) is 13.8 Å². The van der Waals surface area contributed by atoms with Crippen LogP contribution in [-0.2, 0) is 0 Å². The van der Waals surface area contributed by atoms with Crippen molar-refractivity contribution in [2.45, 2.75) is 37.3 Å². The van der Waals surface area contributed by atoms with Crippen LogP contribution in [0.15, 0.2) is 0 Å². The molecule has 86 valence electrons. The van der Waals surface area contributed by atoms with Crippen molar-refractivity contribution < 1.29 is 30.6 Å². The first-order valence-corrected chi connectivity index (χ1v) is 4.24. The van der Waals surface area contributed by atoms with Gasteiger partial charge in [0.1, 0.15) is 23.4 Å². The van der Waals surface area contributed by atoms with E-state index in [0.29, 0.717) is 0 Å². The van der Waals surface area contributed by atoms with Crippen molar-refractivity contribution in [1.29, 1.82) is 0 Å². The molecule has 0 saturated carbocycles. The Kier molecular flexibility index (Phi) is 4.44. The van der Waals surface area contributed by atoms with Gasteiger partial charge in [0.15, 0.2) is 0 Å². The molecule has 0 amide bonds. The fourth-order valence-corrected chi connectivity index (χ4v) is 1.03. The molecule has 0 rings (SSSR count). The monoisotopic (exact) mass is 210 g/mol. The Morgan fingerprint density at radius 3 is 1.21 bits per heavy atom. The van der Waals surface area contributed by atoms with Gasteiger partial charge in [0.05, 0.1) is 13.2 Å². The van der Waals surface area contributed by atoms with E-state index >= 15 is 0 Å². The molecule has 0 spiro atoms. The lowest BCUT2D eigenvalue weighted by Gasteiger charge is -2.43. The van der Waals surface area contributed by atoms with Crippen LogP contribution in [0.5, 0.6) is 0 Å². The van der Waals surface area contributed by atoms with E-state index in [2.05, 4.69) is 0 Å². The van der Waals surface area contributed by atoms with Gasteiger partial charge < -0.3 is 30.6 Å². The molecule has 14 heavy (non-hydrogen) atoms. The molecule has 0 aliphatic rings. The minimum absolute atomic E-state index is 0.763. The normalized spacial score (nSPS) is 24.9. The van der Waals surface area contributed by atoms with Crippen LogP contribution in [0.4, 0.5) is 0 Å². The van der Waals surface area contributed by atoms with E-state index in [0.717, 1.165) is 13.8 Å². The number of aliphatic hydroxyl groups is 6. The molecule has 0 fully saturated rings. The molecule has 0 aliphatic carbocycles. The van der Waals surface area contributed by atoms with Gasteiger partial charge in [-0.2, -0.15) is 0 Å². The van der Waals surface area contributed by atoms with Crippen molar-refractivity contribution in [3.05, 3.63) is 0 Å². The smallest absolute Gasteiger partial charge is 0.121 e. The molecule has 4 atom stereocenters. The highest BCUT2D eigenvalue weighted by Gasteiger charge is 2.51. The molecule has 0 unspecified atom stereocenters. The van der Waals surface area contributed by atoms with Crippen LogP contribution in [0, 0.1) is 0 Å². The molecule has 0 aliphatic heterocycles. The average Bonchev–Trinajstić information content (AvgIpc) is 2.14. The van der Waals surface area contributed by atoms with Gasteiger partial charge in [0.25, 0.3) is 0 Å². The predicted molar refractivity (Wildman–Crippen MR) is 47.4 cm³/mol. The molecule has 0 bridgehead atoms. The summed E-state index contributed by atoms with van der Waals surface area (Å²) in [6.45, 7) is 0.599. The lowest BCUT2D eigenvalue weighted by molar-refractivity contribution is -0.233. The summed E-state index contributed by atoms with van der Waals surface area (Å²) in [6.07, 6.45) is -3.22. The van der Waals surface area contributed by atoms with E-state index in [-0.39, 0.29) is 0 Å². The second-order valence-electron chi connectivity index (χ2n) is 3.69. The van der Waals surface area contributed by atoms with Crippen LogP contribution < -0.4 is 0 Å². The second-order valence-corrected chi connectivity index (χ2v) is 3.69. The molecule has 0 saturated heterocycles. The maximum Gasteiger partial charge on any atom is 0.121 e. The summed E-state index contributed by atoms with van der Waals surface area (Å²) in [5.74, 6) is 0. The van der Waals surface area contributed by atoms with Crippen LogP contribution in [-0.4, -0.2) is 67.3 Å². The summed E-state index contributed by atoms with van der Waals surface area (Å²) in [6, 6.07) is 0. The molecule has 6 nitrogen and oxygen atoms in total. The van der Waals surface area contributed by atoms with Gasteiger partial charge in [-0.25, -0.2) is 0 Å². The summed E-state index contributed by atoms with van der Waals surface area (Å²) in [5.41, 5.74) is -4.24. The Hall–Kier alpha value is -0.240. The van der Waals surface area contributed by atoms with E-state index in [9.17, 15) is 20.4 Å². The molecule has 6 heteroatoms. The van der Waals surface area contributed by atoms with Gasteiger partial charge >= 0.3 is 0 Å². The second kappa shape index (κ2) is 4.52. The molecule has 0 aromatic heterocycles. The van der Waals surface area contributed by atoms with Gasteiger partial charge in [0.2, 0.25) is 0 Å². The van der Waals surface area contributed by atoms with Crippen molar-refractivity contribution in [2.24, 2.45) is 0 Å². The molecular weight excluding hydrogens is 192 g/mol. The van der Waals surface area contributed by atoms with Crippen molar-refractivity contribution in [3.8, 4) is 0 Å². The van der Waals surface area contributed by atoms with Gasteiger partial charge in [-0.05, 0) is 13.8 Å².